The van der Waals surface area contributed by atoms with Gasteiger partial charge < -0.3 is 5.11 Å². The summed E-state index contributed by atoms with van der Waals surface area (Å²) in [7, 11) is 0. The number of aliphatic hydroxyl groups is 1. The average Bonchev–Trinajstić information content (AvgIpc) is 1.85. The molecule has 0 unspecified atom stereocenters. The Morgan fingerprint density at radius 2 is 1.91 bits per heavy atom. The van der Waals surface area contributed by atoms with E-state index in [9.17, 15) is 5.11 Å². The maximum atomic E-state index is 10.0. The van der Waals surface area contributed by atoms with Gasteiger partial charge in [0.05, 0.1) is 5.60 Å². The van der Waals surface area contributed by atoms with Crippen molar-refractivity contribution < 1.29 is 5.11 Å². The molecule has 1 atom stereocenters. The molecule has 0 aromatic heterocycles. The zero-order chi connectivity index (χ0) is 8.54. The summed E-state index contributed by atoms with van der Waals surface area (Å²) in [5, 5.41) is 10.0. The molecule has 1 aliphatic carbocycles. The van der Waals surface area contributed by atoms with Gasteiger partial charge in [-0.2, -0.15) is 0 Å². The topological polar surface area (TPSA) is 20.2 Å². The molecule has 11 heavy (non-hydrogen) atoms. The van der Waals surface area contributed by atoms with E-state index in [2.05, 4.69) is 20.8 Å². The van der Waals surface area contributed by atoms with Gasteiger partial charge in [-0.25, -0.2) is 0 Å². The van der Waals surface area contributed by atoms with Crippen LogP contribution < -0.4 is 0 Å². The number of rotatable bonds is 1. The Kier molecular flexibility index (Phi) is 2.29. The van der Waals surface area contributed by atoms with Crippen LogP contribution in [0.15, 0.2) is 0 Å². The monoisotopic (exact) mass is 156 g/mol. The molecule has 0 aliphatic heterocycles. The maximum Gasteiger partial charge on any atom is 0.0650 e. The Balaban J connectivity index is 2.59. The molecular formula is C10H20O. The van der Waals surface area contributed by atoms with Crippen LogP contribution in [0.3, 0.4) is 0 Å². The summed E-state index contributed by atoms with van der Waals surface area (Å²) in [4.78, 5) is 0. The third-order valence-corrected chi connectivity index (χ3v) is 2.96. The fourth-order valence-corrected chi connectivity index (χ4v) is 2.27. The first-order valence-corrected chi connectivity index (χ1v) is 4.70. The lowest BCUT2D eigenvalue weighted by Gasteiger charge is -2.41. The Morgan fingerprint density at radius 3 is 2.27 bits per heavy atom. The summed E-state index contributed by atoms with van der Waals surface area (Å²) < 4.78 is 0. The van der Waals surface area contributed by atoms with Gasteiger partial charge in [0, 0.05) is 0 Å². The molecule has 66 valence electrons. The van der Waals surface area contributed by atoms with E-state index in [0.29, 0.717) is 5.41 Å². The standard InChI is InChI=1S/C10H20O/c1-4-10(11)7-5-6-9(2,3)8-10/h11H,4-8H2,1-3H3/t10-/m1/s1. The van der Waals surface area contributed by atoms with Gasteiger partial charge in [-0.3, -0.25) is 0 Å². The molecule has 1 N–H and O–H groups in total. The summed E-state index contributed by atoms with van der Waals surface area (Å²) >= 11 is 0. The lowest BCUT2D eigenvalue weighted by molar-refractivity contribution is -0.0413. The van der Waals surface area contributed by atoms with Gasteiger partial charge in [0.1, 0.15) is 0 Å². The highest BCUT2D eigenvalue weighted by Crippen LogP contribution is 2.42. The van der Waals surface area contributed by atoms with E-state index in [4.69, 9.17) is 0 Å². The highest BCUT2D eigenvalue weighted by atomic mass is 16.3. The molecule has 1 aliphatic rings. The quantitative estimate of drug-likeness (QED) is 0.619. The van der Waals surface area contributed by atoms with Crippen molar-refractivity contribution in [1.82, 2.24) is 0 Å². The van der Waals surface area contributed by atoms with E-state index in [1.54, 1.807) is 0 Å². The summed E-state index contributed by atoms with van der Waals surface area (Å²) in [5.74, 6) is 0. The molecule has 0 aromatic carbocycles. The predicted octanol–water partition coefficient (Wildman–Crippen LogP) is 2.73. The van der Waals surface area contributed by atoms with Crippen molar-refractivity contribution in [3.05, 3.63) is 0 Å². The molecule has 0 bridgehead atoms. The fourth-order valence-electron chi connectivity index (χ4n) is 2.27. The molecule has 1 fully saturated rings. The van der Waals surface area contributed by atoms with Gasteiger partial charge in [0.25, 0.3) is 0 Å². The van der Waals surface area contributed by atoms with Gasteiger partial charge in [-0.1, -0.05) is 27.2 Å². The van der Waals surface area contributed by atoms with Crippen LogP contribution in [0.5, 0.6) is 0 Å². The molecule has 0 spiro atoms. The fraction of sp³-hybridized carbons (Fsp3) is 1.00. The largest absolute Gasteiger partial charge is 0.390 e. The second kappa shape index (κ2) is 2.78. The van der Waals surface area contributed by atoms with Crippen molar-refractivity contribution in [2.75, 3.05) is 0 Å². The van der Waals surface area contributed by atoms with Gasteiger partial charge in [-0.15, -0.1) is 0 Å². The first-order chi connectivity index (χ1) is 4.97. The van der Waals surface area contributed by atoms with Gasteiger partial charge in [0.15, 0.2) is 0 Å². The molecule has 0 aromatic rings. The van der Waals surface area contributed by atoms with Crippen LogP contribution in [0, 0.1) is 5.41 Å². The second-order valence-corrected chi connectivity index (χ2v) is 4.77. The van der Waals surface area contributed by atoms with Crippen molar-refractivity contribution in [2.45, 2.75) is 58.5 Å². The lowest BCUT2D eigenvalue weighted by Crippen LogP contribution is -2.38. The molecular weight excluding hydrogens is 136 g/mol. The predicted molar refractivity (Wildman–Crippen MR) is 47.5 cm³/mol. The third-order valence-electron chi connectivity index (χ3n) is 2.96. The van der Waals surface area contributed by atoms with Crippen LogP contribution in [0.2, 0.25) is 0 Å². The van der Waals surface area contributed by atoms with Crippen molar-refractivity contribution in [1.29, 1.82) is 0 Å². The van der Waals surface area contributed by atoms with Crippen molar-refractivity contribution in [3.63, 3.8) is 0 Å². The Morgan fingerprint density at radius 1 is 1.27 bits per heavy atom. The molecule has 0 saturated heterocycles. The molecule has 1 heteroatoms. The zero-order valence-electron chi connectivity index (χ0n) is 7.98. The van der Waals surface area contributed by atoms with Crippen LogP contribution in [-0.4, -0.2) is 10.7 Å². The van der Waals surface area contributed by atoms with E-state index in [-0.39, 0.29) is 5.60 Å². The van der Waals surface area contributed by atoms with Crippen LogP contribution in [0.4, 0.5) is 0 Å². The molecule has 0 radical (unpaired) electrons. The summed E-state index contributed by atoms with van der Waals surface area (Å²) in [6.07, 6.45) is 5.37. The second-order valence-electron chi connectivity index (χ2n) is 4.77. The smallest absolute Gasteiger partial charge is 0.0650 e. The zero-order valence-corrected chi connectivity index (χ0v) is 7.98. The minimum atomic E-state index is -0.345. The van der Waals surface area contributed by atoms with Crippen molar-refractivity contribution >= 4 is 0 Å². The van der Waals surface area contributed by atoms with Crippen molar-refractivity contribution in [3.8, 4) is 0 Å². The molecule has 0 amide bonds. The van der Waals surface area contributed by atoms with Crippen LogP contribution in [0.25, 0.3) is 0 Å². The molecule has 1 saturated carbocycles. The Labute approximate surface area is 69.8 Å². The SMILES string of the molecule is CC[C@@]1(O)CCCC(C)(C)C1. The normalized spacial score (nSPS) is 37.1. The van der Waals surface area contributed by atoms with Gasteiger partial charge in [-0.05, 0) is 31.1 Å². The number of hydrogen-bond donors (Lipinski definition) is 1. The van der Waals surface area contributed by atoms with E-state index in [1.165, 1.54) is 12.8 Å². The van der Waals surface area contributed by atoms with E-state index in [1.807, 2.05) is 0 Å². The molecule has 1 rings (SSSR count). The van der Waals surface area contributed by atoms with E-state index in [0.717, 1.165) is 19.3 Å². The lowest BCUT2D eigenvalue weighted by atomic mass is 9.69. The summed E-state index contributed by atoms with van der Waals surface area (Å²) in [5.41, 5.74) is 0.0186. The Bertz CT molecular complexity index is 140. The molecule has 0 heterocycles. The maximum absolute atomic E-state index is 10.0. The molecule has 1 nitrogen and oxygen atoms in total. The third kappa shape index (κ3) is 2.19. The minimum absolute atomic E-state index is 0.345. The van der Waals surface area contributed by atoms with Crippen LogP contribution in [-0.2, 0) is 0 Å². The minimum Gasteiger partial charge on any atom is -0.390 e. The summed E-state index contributed by atoms with van der Waals surface area (Å²) in [6, 6.07) is 0. The van der Waals surface area contributed by atoms with Gasteiger partial charge in [0.2, 0.25) is 0 Å². The highest BCUT2D eigenvalue weighted by molar-refractivity contribution is 4.89. The average molecular weight is 156 g/mol. The van der Waals surface area contributed by atoms with Crippen molar-refractivity contribution in [2.24, 2.45) is 5.41 Å². The first kappa shape index (κ1) is 9.05. The number of hydrogen-bond acceptors (Lipinski definition) is 1. The first-order valence-electron chi connectivity index (χ1n) is 4.70. The highest BCUT2D eigenvalue weighted by Gasteiger charge is 2.36. The van der Waals surface area contributed by atoms with Crippen LogP contribution >= 0.6 is 0 Å². The Hall–Kier alpha value is -0.0400. The van der Waals surface area contributed by atoms with E-state index < -0.39 is 0 Å². The van der Waals surface area contributed by atoms with Gasteiger partial charge >= 0.3 is 0 Å². The van der Waals surface area contributed by atoms with Crippen LogP contribution in [0.1, 0.15) is 52.9 Å². The van der Waals surface area contributed by atoms with E-state index >= 15 is 0 Å². The summed E-state index contributed by atoms with van der Waals surface area (Å²) in [6.45, 7) is 6.60.